The molecule has 116 valence electrons. The molecule has 0 unspecified atom stereocenters. The van der Waals surface area contributed by atoms with Crippen LogP contribution in [0.2, 0.25) is 0 Å². The number of nitrogens with zero attached hydrogens (tertiary/aromatic N) is 1. The largest absolute Gasteiger partial charge is 0.355 e. The van der Waals surface area contributed by atoms with Gasteiger partial charge in [-0.2, -0.15) is 0 Å². The SMILES string of the molecule is CCNC(=O)[C@@H](C)NC(=O)c1ccc(-c2nc(C)cs2)cc1. The van der Waals surface area contributed by atoms with Crippen molar-refractivity contribution in [1.82, 2.24) is 15.6 Å². The van der Waals surface area contributed by atoms with Crippen LogP contribution in [0.4, 0.5) is 0 Å². The number of benzene rings is 1. The van der Waals surface area contributed by atoms with E-state index in [1.165, 1.54) is 0 Å². The van der Waals surface area contributed by atoms with Crippen molar-refractivity contribution in [2.45, 2.75) is 26.8 Å². The van der Waals surface area contributed by atoms with Gasteiger partial charge in [0.2, 0.25) is 5.91 Å². The summed E-state index contributed by atoms with van der Waals surface area (Å²) in [5.41, 5.74) is 2.48. The summed E-state index contributed by atoms with van der Waals surface area (Å²) in [6.45, 7) is 5.99. The maximum atomic E-state index is 12.1. The number of likely N-dealkylation sites (N-methyl/N-ethyl adjacent to an activating group) is 1. The predicted molar refractivity (Wildman–Crippen MR) is 87.9 cm³/mol. The molecule has 22 heavy (non-hydrogen) atoms. The second-order valence-electron chi connectivity index (χ2n) is 4.96. The highest BCUT2D eigenvalue weighted by atomic mass is 32.1. The zero-order valence-electron chi connectivity index (χ0n) is 12.8. The van der Waals surface area contributed by atoms with Gasteiger partial charge >= 0.3 is 0 Å². The van der Waals surface area contributed by atoms with Gasteiger partial charge in [0.15, 0.2) is 0 Å². The molecule has 1 atom stereocenters. The number of hydrogen-bond acceptors (Lipinski definition) is 4. The van der Waals surface area contributed by atoms with Crippen LogP contribution >= 0.6 is 11.3 Å². The summed E-state index contributed by atoms with van der Waals surface area (Å²) >= 11 is 1.57. The lowest BCUT2D eigenvalue weighted by Crippen LogP contribution is -2.44. The van der Waals surface area contributed by atoms with Gasteiger partial charge in [-0.1, -0.05) is 12.1 Å². The average molecular weight is 317 g/mol. The van der Waals surface area contributed by atoms with Crippen LogP contribution < -0.4 is 10.6 Å². The van der Waals surface area contributed by atoms with Gasteiger partial charge in [-0.25, -0.2) is 4.98 Å². The second-order valence-corrected chi connectivity index (χ2v) is 5.82. The molecule has 6 heteroatoms. The van der Waals surface area contributed by atoms with E-state index in [0.29, 0.717) is 12.1 Å². The van der Waals surface area contributed by atoms with Gasteiger partial charge in [0, 0.05) is 28.7 Å². The molecule has 0 saturated heterocycles. The summed E-state index contributed by atoms with van der Waals surface area (Å²) in [5, 5.41) is 8.28. The Labute approximate surface area is 133 Å². The Morgan fingerprint density at radius 1 is 1.27 bits per heavy atom. The number of carbonyl (C=O) groups is 2. The van der Waals surface area contributed by atoms with E-state index in [2.05, 4.69) is 15.6 Å². The second kappa shape index (κ2) is 7.17. The summed E-state index contributed by atoms with van der Waals surface area (Å²) in [5.74, 6) is -0.452. The fourth-order valence-corrected chi connectivity index (χ4v) is 2.73. The van der Waals surface area contributed by atoms with Gasteiger partial charge < -0.3 is 10.6 Å². The summed E-state index contributed by atoms with van der Waals surface area (Å²) in [7, 11) is 0. The first-order valence-corrected chi connectivity index (χ1v) is 8.00. The number of hydrogen-bond donors (Lipinski definition) is 2. The van der Waals surface area contributed by atoms with Crippen LogP contribution in [-0.4, -0.2) is 29.4 Å². The average Bonchev–Trinajstić information content (AvgIpc) is 2.94. The lowest BCUT2D eigenvalue weighted by molar-refractivity contribution is -0.122. The third-order valence-corrected chi connectivity index (χ3v) is 4.11. The van der Waals surface area contributed by atoms with Gasteiger partial charge in [-0.15, -0.1) is 11.3 Å². The van der Waals surface area contributed by atoms with Crippen molar-refractivity contribution in [3.05, 3.63) is 40.9 Å². The van der Waals surface area contributed by atoms with E-state index in [1.807, 2.05) is 31.4 Å². The number of carbonyl (C=O) groups excluding carboxylic acids is 2. The summed E-state index contributed by atoms with van der Waals surface area (Å²) in [4.78, 5) is 28.1. The normalized spacial score (nSPS) is 11.8. The van der Waals surface area contributed by atoms with Crippen LogP contribution in [0.3, 0.4) is 0 Å². The third kappa shape index (κ3) is 3.92. The highest BCUT2D eigenvalue weighted by molar-refractivity contribution is 7.13. The van der Waals surface area contributed by atoms with Crippen molar-refractivity contribution in [3.8, 4) is 10.6 Å². The van der Waals surface area contributed by atoms with E-state index in [0.717, 1.165) is 16.3 Å². The van der Waals surface area contributed by atoms with Crippen LogP contribution in [0.15, 0.2) is 29.6 Å². The predicted octanol–water partition coefficient (Wildman–Crippen LogP) is 2.37. The summed E-state index contributed by atoms with van der Waals surface area (Å²) in [6, 6.07) is 6.65. The molecule has 2 aromatic rings. The molecule has 0 bridgehead atoms. The fourth-order valence-electron chi connectivity index (χ4n) is 1.92. The van der Waals surface area contributed by atoms with Crippen LogP contribution in [0, 0.1) is 6.92 Å². The van der Waals surface area contributed by atoms with Crippen molar-refractivity contribution in [2.24, 2.45) is 0 Å². The van der Waals surface area contributed by atoms with E-state index in [4.69, 9.17) is 0 Å². The van der Waals surface area contributed by atoms with Gasteiger partial charge in [0.1, 0.15) is 11.0 Å². The van der Waals surface area contributed by atoms with Crippen LogP contribution in [0.5, 0.6) is 0 Å². The van der Waals surface area contributed by atoms with E-state index < -0.39 is 6.04 Å². The Morgan fingerprint density at radius 2 is 1.95 bits per heavy atom. The van der Waals surface area contributed by atoms with Crippen molar-refractivity contribution in [3.63, 3.8) is 0 Å². The lowest BCUT2D eigenvalue weighted by Gasteiger charge is -2.13. The molecule has 5 nitrogen and oxygen atoms in total. The Hall–Kier alpha value is -2.21. The Morgan fingerprint density at radius 3 is 2.50 bits per heavy atom. The molecular formula is C16H19N3O2S. The number of amides is 2. The monoisotopic (exact) mass is 317 g/mol. The molecule has 0 spiro atoms. The number of aryl methyl sites for hydroxylation is 1. The zero-order valence-corrected chi connectivity index (χ0v) is 13.7. The quantitative estimate of drug-likeness (QED) is 0.889. The van der Waals surface area contributed by atoms with Crippen molar-refractivity contribution >= 4 is 23.2 Å². The van der Waals surface area contributed by atoms with E-state index in [9.17, 15) is 9.59 Å². The minimum Gasteiger partial charge on any atom is -0.355 e. The number of nitrogens with one attached hydrogen (secondary N) is 2. The van der Waals surface area contributed by atoms with Crippen molar-refractivity contribution in [2.75, 3.05) is 6.54 Å². The lowest BCUT2D eigenvalue weighted by atomic mass is 10.1. The Bertz CT molecular complexity index is 664. The van der Waals surface area contributed by atoms with Gasteiger partial charge in [-0.3, -0.25) is 9.59 Å². The molecule has 1 heterocycles. The Kier molecular flexibility index (Phi) is 5.27. The van der Waals surface area contributed by atoms with E-state index >= 15 is 0 Å². The molecule has 1 aromatic heterocycles. The molecule has 0 aliphatic heterocycles. The third-order valence-electron chi connectivity index (χ3n) is 3.10. The minimum atomic E-state index is -0.561. The standard InChI is InChI=1S/C16H19N3O2S/c1-4-17-14(20)11(3)19-15(21)12-5-7-13(8-6-12)16-18-10(2)9-22-16/h5-9,11H,4H2,1-3H3,(H,17,20)(H,19,21)/t11-/m1/s1. The first kappa shape index (κ1) is 16.2. The molecule has 2 amide bonds. The van der Waals surface area contributed by atoms with Gasteiger partial charge in [-0.05, 0) is 32.9 Å². The molecule has 0 fully saturated rings. The molecule has 0 saturated carbocycles. The van der Waals surface area contributed by atoms with E-state index in [1.54, 1.807) is 30.4 Å². The summed E-state index contributed by atoms with van der Waals surface area (Å²) in [6.07, 6.45) is 0. The van der Waals surface area contributed by atoms with Gasteiger partial charge in [0.05, 0.1) is 0 Å². The number of aromatic nitrogens is 1. The smallest absolute Gasteiger partial charge is 0.251 e. The van der Waals surface area contributed by atoms with Crippen molar-refractivity contribution < 1.29 is 9.59 Å². The highest BCUT2D eigenvalue weighted by Gasteiger charge is 2.15. The van der Waals surface area contributed by atoms with Crippen LogP contribution in [0.25, 0.3) is 10.6 Å². The number of rotatable bonds is 5. The maximum Gasteiger partial charge on any atom is 0.251 e. The molecule has 2 rings (SSSR count). The molecule has 2 N–H and O–H groups in total. The highest BCUT2D eigenvalue weighted by Crippen LogP contribution is 2.23. The topological polar surface area (TPSA) is 71.1 Å². The summed E-state index contributed by atoms with van der Waals surface area (Å²) < 4.78 is 0. The maximum absolute atomic E-state index is 12.1. The number of thiazole rings is 1. The zero-order chi connectivity index (χ0) is 16.1. The first-order valence-electron chi connectivity index (χ1n) is 7.12. The molecule has 0 aliphatic rings. The van der Waals surface area contributed by atoms with Gasteiger partial charge in [0.25, 0.3) is 5.91 Å². The Balaban J connectivity index is 2.04. The minimum absolute atomic E-state index is 0.189. The van der Waals surface area contributed by atoms with Crippen molar-refractivity contribution in [1.29, 1.82) is 0 Å². The van der Waals surface area contributed by atoms with E-state index in [-0.39, 0.29) is 11.8 Å². The van der Waals surface area contributed by atoms with Crippen LogP contribution in [0.1, 0.15) is 29.9 Å². The molecular weight excluding hydrogens is 298 g/mol. The molecule has 0 aliphatic carbocycles. The van der Waals surface area contributed by atoms with Crippen LogP contribution in [-0.2, 0) is 4.79 Å². The molecule has 0 radical (unpaired) electrons. The first-order chi connectivity index (χ1) is 10.5. The fraction of sp³-hybridized carbons (Fsp3) is 0.312. The molecule has 1 aromatic carbocycles.